The van der Waals surface area contributed by atoms with E-state index in [1.807, 2.05) is 44.2 Å². The van der Waals surface area contributed by atoms with E-state index in [-0.39, 0.29) is 24.5 Å². The Morgan fingerprint density at radius 3 is 2.32 bits per heavy atom. The second kappa shape index (κ2) is 10.7. The van der Waals surface area contributed by atoms with Crippen LogP contribution < -0.4 is 4.74 Å². The number of likely N-dealkylation sites (tertiary alicyclic amines) is 1. The number of rotatable bonds is 7. The molecule has 37 heavy (non-hydrogen) atoms. The van der Waals surface area contributed by atoms with Crippen molar-refractivity contribution in [3.8, 4) is 5.75 Å². The molecular weight excluding hydrogens is 470 g/mol. The summed E-state index contributed by atoms with van der Waals surface area (Å²) in [7, 11) is 1.48. The highest BCUT2D eigenvalue weighted by molar-refractivity contribution is 6.46. The van der Waals surface area contributed by atoms with E-state index in [1.165, 1.54) is 12.0 Å². The SMILES string of the molecule is CCOC(=O)c1ccc(CN2C(=O)C(=O)/C(=C(/O)c3cc(C)ccc3OC)C2c2cccc(C)c2)cc1. The zero-order valence-corrected chi connectivity index (χ0v) is 21.3. The summed E-state index contributed by atoms with van der Waals surface area (Å²) in [6.45, 7) is 5.90. The highest BCUT2D eigenvalue weighted by Crippen LogP contribution is 2.42. The monoisotopic (exact) mass is 499 g/mol. The molecule has 0 radical (unpaired) electrons. The van der Waals surface area contributed by atoms with Gasteiger partial charge >= 0.3 is 5.97 Å². The first-order valence-electron chi connectivity index (χ1n) is 12.0. The lowest BCUT2D eigenvalue weighted by Gasteiger charge is -2.26. The summed E-state index contributed by atoms with van der Waals surface area (Å²) in [6.07, 6.45) is 0. The molecule has 0 aromatic heterocycles. The quantitative estimate of drug-likeness (QED) is 0.210. The fraction of sp³-hybridized carbons (Fsp3) is 0.233. The Kier molecular flexibility index (Phi) is 7.43. The van der Waals surface area contributed by atoms with Crippen LogP contribution in [0.5, 0.6) is 5.75 Å². The highest BCUT2D eigenvalue weighted by Gasteiger charge is 2.46. The number of methoxy groups -OCH3 is 1. The van der Waals surface area contributed by atoms with Crippen molar-refractivity contribution in [3.63, 3.8) is 0 Å². The second-order valence-corrected chi connectivity index (χ2v) is 8.96. The Labute approximate surface area is 215 Å². The summed E-state index contributed by atoms with van der Waals surface area (Å²) >= 11 is 0. The van der Waals surface area contributed by atoms with Gasteiger partial charge in [-0.3, -0.25) is 9.59 Å². The van der Waals surface area contributed by atoms with Gasteiger partial charge in [-0.2, -0.15) is 0 Å². The fourth-order valence-corrected chi connectivity index (χ4v) is 4.54. The van der Waals surface area contributed by atoms with Crippen LogP contribution in [0.4, 0.5) is 0 Å². The average molecular weight is 500 g/mol. The molecule has 0 bridgehead atoms. The van der Waals surface area contributed by atoms with Gasteiger partial charge in [0.2, 0.25) is 0 Å². The van der Waals surface area contributed by atoms with Crippen molar-refractivity contribution in [1.82, 2.24) is 4.90 Å². The van der Waals surface area contributed by atoms with Crippen LogP contribution in [0.25, 0.3) is 5.76 Å². The topological polar surface area (TPSA) is 93.1 Å². The molecule has 7 heteroatoms. The first-order chi connectivity index (χ1) is 17.7. The molecule has 0 spiro atoms. The van der Waals surface area contributed by atoms with Crippen molar-refractivity contribution in [2.45, 2.75) is 33.4 Å². The van der Waals surface area contributed by atoms with E-state index >= 15 is 0 Å². The van der Waals surface area contributed by atoms with Gasteiger partial charge in [-0.25, -0.2) is 4.79 Å². The standard InChI is InChI=1S/C30H29NO6/c1-5-37-30(35)21-12-10-20(11-13-21)17-31-26(22-8-6-7-18(2)15-22)25(28(33)29(31)34)27(32)23-16-19(3)9-14-24(23)36-4/h6-16,26,32H,5,17H2,1-4H3/b27-25+. The van der Waals surface area contributed by atoms with Crippen molar-refractivity contribution < 1.29 is 29.0 Å². The van der Waals surface area contributed by atoms with Crippen molar-refractivity contribution in [1.29, 1.82) is 0 Å². The van der Waals surface area contributed by atoms with Crippen molar-refractivity contribution in [3.05, 3.63) is 106 Å². The van der Waals surface area contributed by atoms with Gasteiger partial charge in [-0.05, 0) is 56.2 Å². The van der Waals surface area contributed by atoms with Crippen LogP contribution in [-0.2, 0) is 20.9 Å². The lowest BCUT2D eigenvalue weighted by molar-refractivity contribution is -0.140. The molecule has 1 N–H and O–H groups in total. The maximum atomic E-state index is 13.4. The summed E-state index contributed by atoms with van der Waals surface area (Å²) in [5.41, 5.74) is 3.99. The lowest BCUT2D eigenvalue weighted by Crippen LogP contribution is -2.29. The predicted octanol–water partition coefficient (Wildman–Crippen LogP) is 5.11. The van der Waals surface area contributed by atoms with Crippen molar-refractivity contribution >= 4 is 23.4 Å². The van der Waals surface area contributed by atoms with Crippen molar-refractivity contribution in [2.75, 3.05) is 13.7 Å². The summed E-state index contributed by atoms with van der Waals surface area (Å²) < 4.78 is 10.5. The molecule has 1 atom stereocenters. The number of ether oxygens (including phenoxy) is 2. The molecule has 1 aliphatic rings. The molecule has 1 saturated heterocycles. The van der Waals surface area contributed by atoms with Gasteiger partial charge in [-0.15, -0.1) is 0 Å². The number of hydrogen-bond donors (Lipinski definition) is 1. The third-order valence-electron chi connectivity index (χ3n) is 6.33. The Balaban J connectivity index is 1.81. The minimum absolute atomic E-state index is 0.00245. The van der Waals surface area contributed by atoms with Crippen LogP contribution in [0.3, 0.4) is 0 Å². The first kappa shape index (κ1) is 25.7. The van der Waals surface area contributed by atoms with E-state index < -0.39 is 23.7 Å². The van der Waals surface area contributed by atoms with Gasteiger partial charge in [0.05, 0.1) is 36.5 Å². The summed E-state index contributed by atoms with van der Waals surface area (Å²) in [6, 6.07) is 18.7. The fourth-order valence-electron chi connectivity index (χ4n) is 4.54. The normalized spacial score (nSPS) is 16.6. The number of hydrogen-bond acceptors (Lipinski definition) is 6. The van der Waals surface area contributed by atoms with E-state index in [4.69, 9.17) is 9.47 Å². The van der Waals surface area contributed by atoms with E-state index in [2.05, 4.69) is 0 Å². The molecule has 190 valence electrons. The number of aliphatic hydroxyl groups is 1. The largest absolute Gasteiger partial charge is 0.507 e. The van der Waals surface area contributed by atoms with Crippen LogP contribution in [-0.4, -0.2) is 41.4 Å². The number of benzene rings is 3. The number of aliphatic hydroxyl groups excluding tert-OH is 1. The average Bonchev–Trinajstić information content (AvgIpc) is 3.13. The van der Waals surface area contributed by atoms with Crippen LogP contribution in [0.1, 0.15) is 51.1 Å². The second-order valence-electron chi connectivity index (χ2n) is 8.96. The number of Topliss-reactive ketones (excluding diaryl/α,β-unsaturated/α-hetero) is 1. The van der Waals surface area contributed by atoms with Crippen LogP contribution in [0.15, 0.2) is 72.3 Å². The molecule has 3 aromatic rings. The molecule has 0 saturated carbocycles. The molecule has 1 heterocycles. The molecule has 1 unspecified atom stereocenters. The number of esters is 1. The number of ketones is 1. The van der Waals surface area contributed by atoms with Gasteiger partial charge in [-0.1, -0.05) is 53.6 Å². The third-order valence-corrected chi connectivity index (χ3v) is 6.33. The zero-order chi connectivity index (χ0) is 26.7. The Bertz CT molecular complexity index is 1390. The van der Waals surface area contributed by atoms with Crippen LogP contribution >= 0.6 is 0 Å². The third kappa shape index (κ3) is 5.11. The first-order valence-corrected chi connectivity index (χ1v) is 12.0. The van der Waals surface area contributed by atoms with Gasteiger partial charge in [0.25, 0.3) is 11.7 Å². The molecular formula is C30H29NO6. The van der Waals surface area contributed by atoms with E-state index in [1.54, 1.807) is 43.3 Å². The number of aryl methyl sites for hydroxylation is 2. The van der Waals surface area contributed by atoms with Gasteiger partial charge in [0.15, 0.2) is 0 Å². The lowest BCUT2D eigenvalue weighted by atomic mass is 9.93. The number of amides is 1. The molecule has 1 amide bonds. The summed E-state index contributed by atoms with van der Waals surface area (Å²) in [4.78, 5) is 40.2. The molecule has 0 aliphatic carbocycles. The Morgan fingerprint density at radius 1 is 0.973 bits per heavy atom. The maximum Gasteiger partial charge on any atom is 0.338 e. The molecule has 1 fully saturated rings. The molecule has 1 aliphatic heterocycles. The highest BCUT2D eigenvalue weighted by atomic mass is 16.5. The molecule has 3 aromatic carbocycles. The van der Waals surface area contributed by atoms with E-state index in [9.17, 15) is 19.5 Å². The molecule has 7 nitrogen and oxygen atoms in total. The number of carbonyl (C=O) groups excluding carboxylic acids is 3. The van der Waals surface area contributed by atoms with Gasteiger partial charge in [0.1, 0.15) is 11.5 Å². The zero-order valence-electron chi connectivity index (χ0n) is 21.3. The van der Waals surface area contributed by atoms with Gasteiger partial charge in [0, 0.05) is 6.54 Å². The summed E-state index contributed by atoms with van der Waals surface area (Å²) in [5, 5.41) is 11.4. The van der Waals surface area contributed by atoms with E-state index in [0.717, 1.165) is 16.7 Å². The van der Waals surface area contributed by atoms with Gasteiger partial charge < -0.3 is 19.5 Å². The Hall–Kier alpha value is -4.39. The smallest absolute Gasteiger partial charge is 0.338 e. The minimum Gasteiger partial charge on any atom is -0.507 e. The number of carbonyl (C=O) groups is 3. The van der Waals surface area contributed by atoms with Crippen molar-refractivity contribution in [2.24, 2.45) is 0 Å². The van der Waals surface area contributed by atoms with E-state index in [0.29, 0.717) is 22.4 Å². The predicted molar refractivity (Wildman–Crippen MR) is 139 cm³/mol. The van der Waals surface area contributed by atoms with Crippen LogP contribution in [0, 0.1) is 13.8 Å². The Morgan fingerprint density at radius 2 is 1.68 bits per heavy atom. The minimum atomic E-state index is -0.810. The maximum absolute atomic E-state index is 13.4. The van der Waals surface area contributed by atoms with Crippen LogP contribution in [0.2, 0.25) is 0 Å². The number of nitrogens with zero attached hydrogens (tertiary/aromatic N) is 1. The molecule has 4 rings (SSSR count). The summed E-state index contributed by atoms with van der Waals surface area (Å²) in [5.74, 6) is -1.80.